The SMILES string of the molecule is CCN(CC)Cc1c(O)c(Br)cc2c(COC=O)cc(=O)oc12. The van der Waals surface area contributed by atoms with Gasteiger partial charge in [0.15, 0.2) is 0 Å². The molecule has 1 aromatic heterocycles. The molecular formula is C16H18BrNO5. The van der Waals surface area contributed by atoms with E-state index in [0.29, 0.717) is 39.6 Å². The molecule has 1 N–H and O–H groups in total. The van der Waals surface area contributed by atoms with Crippen molar-refractivity contribution in [3.8, 4) is 5.75 Å². The molecule has 2 rings (SSSR count). The lowest BCUT2D eigenvalue weighted by Crippen LogP contribution is -2.22. The van der Waals surface area contributed by atoms with Gasteiger partial charge in [0.25, 0.3) is 6.47 Å². The monoisotopic (exact) mass is 383 g/mol. The Morgan fingerprint density at radius 2 is 2.04 bits per heavy atom. The molecule has 0 bridgehead atoms. The number of phenolic OH excluding ortho intramolecular Hbond substituents is 1. The molecule has 1 aromatic carbocycles. The number of carbonyl (C=O) groups is 1. The third-order valence-corrected chi connectivity index (χ3v) is 4.33. The highest BCUT2D eigenvalue weighted by Crippen LogP contribution is 2.36. The summed E-state index contributed by atoms with van der Waals surface area (Å²) < 4.78 is 10.6. The van der Waals surface area contributed by atoms with Crippen molar-refractivity contribution in [3.05, 3.63) is 38.2 Å². The lowest BCUT2D eigenvalue weighted by Gasteiger charge is -2.20. The Morgan fingerprint density at radius 3 is 2.65 bits per heavy atom. The average molecular weight is 384 g/mol. The van der Waals surface area contributed by atoms with E-state index in [1.807, 2.05) is 13.8 Å². The summed E-state index contributed by atoms with van der Waals surface area (Å²) in [6, 6.07) is 2.94. The van der Waals surface area contributed by atoms with Crippen molar-refractivity contribution >= 4 is 33.4 Å². The first kappa shape index (κ1) is 17.5. The summed E-state index contributed by atoms with van der Waals surface area (Å²) in [6.07, 6.45) is 0. The van der Waals surface area contributed by atoms with Gasteiger partial charge in [-0.25, -0.2) is 4.79 Å². The largest absolute Gasteiger partial charge is 0.506 e. The van der Waals surface area contributed by atoms with Crippen LogP contribution in [0.4, 0.5) is 0 Å². The van der Waals surface area contributed by atoms with E-state index in [1.165, 1.54) is 6.07 Å². The average Bonchev–Trinajstić information content (AvgIpc) is 2.54. The number of hydrogen-bond acceptors (Lipinski definition) is 6. The van der Waals surface area contributed by atoms with Crippen LogP contribution in [0.3, 0.4) is 0 Å². The Hall–Kier alpha value is -1.86. The van der Waals surface area contributed by atoms with E-state index in [2.05, 4.69) is 20.8 Å². The molecule has 1 heterocycles. The second kappa shape index (κ2) is 7.61. The molecule has 0 atom stereocenters. The van der Waals surface area contributed by atoms with Crippen molar-refractivity contribution in [2.75, 3.05) is 13.1 Å². The van der Waals surface area contributed by atoms with Gasteiger partial charge in [0.1, 0.15) is 17.9 Å². The highest BCUT2D eigenvalue weighted by Gasteiger charge is 2.18. The van der Waals surface area contributed by atoms with Crippen LogP contribution >= 0.6 is 15.9 Å². The first-order chi connectivity index (χ1) is 11.0. The topological polar surface area (TPSA) is 80.0 Å². The first-order valence-electron chi connectivity index (χ1n) is 7.26. The minimum absolute atomic E-state index is 0.0342. The van der Waals surface area contributed by atoms with Crippen molar-refractivity contribution in [2.24, 2.45) is 0 Å². The Kier molecular flexibility index (Phi) is 5.79. The highest BCUT2D eigenvalue weighted by atomic mass is 79.9. The molecule has 2 aromatic rings. The molecule has 0 aliphatic rings. The summed E-state index contributed by atoms with van der Waals surface area (Å²) in [5.41, 5.74) is 0.826. The molecule has 6 nitrogen and oxygen atoms in total. The van der Waals surface area contributed by atoms with Crippen LogP contribution in [-0.4, -0.2) is 29.6 Å². The van der Waals surface area contributed by atoms with Crippen molar-refractivity contribution in [1.82, 2.24) is 4.90 Å². The zero-order chi connectivity index (χ0) is 17.0. The van der Waals surface area contributed by atoms with E-state index in [0.717, 1.165) is 13.1 Å². The van der Waals surface area contributed by atoms with Crippen molar-refractivity contribution in [2.45, 2.75) is 27.0 Å². The van der Waals surface area contributed by atoms with Gasteiger partial charge in [0.05, 0.1) is 10.0 Å². The lowest BCUT2D eigenvalue weighted by molar-refractivity contribution is -0.129. The predicted molar refractivity (Wildman–Crippen MR) is 89.3 cm³/mol. The van der Waals surface area contributed by atoms with E-state index >= 15 is 0 Å². The zero-order valence-electron chi connectivity index (χ0n) is 13.0. The van der Waals surface area contributed by atoms with Gasteiger partial charge in [-0.15, -0.1) is 0 Å². The van der Waals surface area contributed by atoms with E-state index in [1.54, 1.807) is 6.07 Å². The number of rotatable bonds is 7. The van der Waals surface area contributed by atoms with Gasteiger partial charge in [0.2, 0.25) is 0 Å². The number of aromatic hydroxyl groups is 1. The van der Waals surface area contributed by atoms with Gasteiger partial charge in [-0.1, -0.05) is 13.8 Å². The maximum absolute atomic E-state index is 11.8. The van der Waals surface area contributed by atoms with Crippen LogP contribution < -0.4 is 5.63 Å². The Bertz CT molecular complexity index is 767. The highest BCUT2D eigenvalue weighted by molar-refractivity contribution is 9.10. The lowest BCUT2D eigenvalue weighted by atomic mass is 10.1. The van der Waals surface area contributed by atoms with E-state index in [4.69, 9.17) is 9.15 Å². The minimum atomic E-state index is -0.551. The van der Waals surface area contributed by atoms with Gasteiger partial charge in [-0.05, 0) is 35.1 Å². The molecule has 0 radical (unpaired) electrons. The molecule has 0 fully saturated rings. The fraction of sp³-hybridized carbons (Fsp3) is 0.375. The van der Waals surface area contributed by atoms with Gasteiger partial charge in [0, 0.05) is 23.6 Å². The van der Waals surface area contributed by atoms with E-state index < -0.39 is 5.63 Å². The smallest absolute Gasteiger partial charge is 0.336 e. The zero-order valence-corrected chi connectivity index (χ0v) is 14.6. The maximum atomic E-state index is 11.8. The van der Waals surface area contributed by atoms with E-state index in [9.17, 15) is 14.7 Å². The number of benzene rings is 1. The molecule has 0 aliphatic carbocycles. The fourth-order valence-corrected chi connectivity index (χ4v) is 2.91. The number of fused-ring (bicyclic) bond motifs is 1. The number of carbonyl (C=O) groups excluding carboxylic acids is 1. The molecule has 124 valence electrons. The number of ether oxygens (including phenoxy) is 1. The summed E-state index contributed by atoms with van der Waals surface area (Å²) in [7, 11) is 0. The van der Waals surface area contributed by atoms with Crippen LogP contribution in [0.2, 0.25) is 0 Å². The first-order valence-corrected chi connectivity index (χ1v) is 8.05. The summed E-state index contributed by atoms with van der Waals surface area (Å²) in [6.45, 7) is 6.35. The second-order valence-electron chi connectivity index (χ2n) is 5.02. The normalized spacial score (nSPS) is 11.1. The molecule has 0 saturated carbocycles. The number of phenols is 1. The molecule has 0 unspecified atom stereocenters. The van der Waals surface area contributed by atoms with Gasteiger partial charge in [-0.3, -0.25) is 9.69 Å². The Morgan fingerprint density at radius 1 is 1.35 bits per heavy atom. The van der Waals surface area contributed by atoms with Crippen LogP contribution in [0.15, 0.2) is 25.8 Å². The van der Waals surface area contributed by atoms with Crippen molar-refractivity contribution in [3.63, 3.8) is 0 Å². The molecule has 0 spiro atoms. The molecule has 23 heavy (non-hydrogen) atoms. The van der Waals surface area contributed by atoms with Gasteiger partial charge < -0.3 is 14.3 Å². The molecule has 0 saturated heterocycles. The summed E-state index contributed by atoms with van der Waals surface area (Å²) in [4.78, 5) is 24.3. The Labute approximate surface area is 141 Å². The quantitative estimate of drug-likeness (QED) is 0.584. The van der Waals surface area contributed by atoms with Crippen LogP contribution in [0.1, 0.15) is 25.0 Å². The summed E-state index contributed by atoms with van der Waals surface area (Å²) in [5.74, 6) is 0.0426. The van der Waals surface area contributed by atoms with Gasteiger partial charge >= 0.3 is 5.63 Å². The Balaban J connectivity index is 2.69. The van der Waals surface area contributed by atoms with Gasteiger partial charge in [-0.2, -0.15) is 0 Å². The number of halogens is 1. The van der Waals surface area contributed by atoms with Crippen molar-refractivity contribution < 1.29 is 19.1 Å². The maximum Gasteiger partial charge on any atom is 0.336 e. The number of hydrogen-bond donors (Lipinski definition) is 1. The van der Waals surface area contributed by atoms with Crippen molar-refractivity contribution in [1.29, 1.82) is 0 Å². The van der Waals surface area contributed by atoms with E-state index in [-0.39, 0.29) is 12.4 Å². The second-order valence-corrected chi connectivity index (χ2v) is 5.88. The van der Waals surface area contributed by atoms with Crippen LogP contribution in [0, 0.1) is 0 Å². The third-order valence-electron chi connectivity index (χ3n) is 3.73. The molecule has 7 heteroatoms. The van der Waals surface area contributed by atoms with Crippen LogP contribution in [-0.2, 0) is 22.7 Å². The molecule has 0 aliphatic heterocycles. The third kappa shape index (κ3) is 3.73. The van der Waals surface area contributed by atoms with Crippen LogP contribution in [0.5, 0.6) is 5.75 Å². The fourth-order valence-electron chi connectivity index (χ4n) is 2.44. The standard InChI is InChI=1S/C16H18BrNO5/c1-3-18(4-2)7-12-15(21)13(17)6-11-10(8-22-9-19)5-14(20)23-16(11)12/h5-6,9,21H,3-4,7-8H2,1-2H3. The summed E-state index contributed by atoms with van der Waals surface area (Å²) >= 11 is 3.32. The summed E-state index contributed by atoms with van der Waals surface area (Å²) in [5, 5.41) is 11.0. The molecule has 0 amide bonds. The number of nitrogens with zero attached hydrogens (tertiary/aromatic N) is 1. The minimum Gasteiger partial charge on any atom is -0.506 e. The van der Waals surface area contributed by atoms with Crippen LogP contribution in [0.25, 0.3) is 11.0 Å². The predicted octanol–water partition coefficient (Wildman–Crippen LogP) is 2.78. The molecular weight excluding hydrogens is 366 g/mol.